The molecule has 0 saturated carbocycles. The lowest BCUT2D eigenvalue weighted by Gasteiger charge is -2.09. The number of amides is 1. The summed E-state index contributed by atoms with van der Waals surface area (Å²) in [4.78, 5) is 42.2. The third-order valence-corrected chi connectivity index (χ3v) is 4.22. The van der Waals surface area contributed by atoms with Crippen molar-refractivity contribution in [2.24, 2.45) is 0 Å². The first-order chi connectivity index (χ1) is 11.8. The minimum Gasteiger partial charge on any atom is -0.511 e. The molecule has 0 bridgehead atoms. The Balaban J connectivity index is 2.29. The molecule has 0 unspecified atom stereocenters. The molecule has 25 heavy (non-hydrogen) atoms. The molecule has 8 nitrogen and oxygen atoms in total. The van der Waals surface area contributed by atoms with Crippen LogP contribution in [0.3, 0.4) is 0 Å². The SMILES string of the molecule is CC(=O)/C(Sc1nc(N)c(NC(=O)c2ccccc2)c(=O)[nH]1)=C(\C)O. The van der Waals surface area contributed by atoms with E-state index in [0.717, 1.165) is 11.8 Å². The number of hydrogen-bond acceptors (Lipinski definition) is 7. The number of anilines is 2. The van der Waals surface area contributed by atoms with Crippen molar-refractivity contribution < 1.29 is 14.7 Å². The summed E-state index contributed by atoms with van der Waals surface area (Å²) in [5, 5.41) is 12.0. The van der Waals surface area contributed by atoms with E-state index in [9.17, 15) is 19.5 Å². The van der Waals surface area contributed by atoms with E-state index in [-0.39, 0.29) is 33.1 Å². The number of nitrogen functional groups attached to an aromatic ring is 1. The average molecular weight is 360 g/mol. The molecule has 0 saturated heterocycles. The molecule has 0 fully saturated rings. The van der Waals surface area contributed by atoms with Gasteiger partial charge in [0.25, 0.3) is 11.5 Å². The highest BCUT2D eigenvalue weighted by atomic mass is 32.2. The van der Waals surface area contributed by atoms with E-state index in [0.29, 0.717) is 5.56 Å². The number of allylic oxidation sites excluding steroid dienone is 2. The van der Waals surface area contributed by atoms with Crippen molar-refractivity contribution in [3.63, 3.8) is 0 Å². The summed E-state index contributed by atoms with van der Waals surface area (Å²) in [5.74, 6) is -1.28. The maximum absolute atomic E-state index is 12.2. The number of rotatable bonds is 5. The lowest BCUT2D eigenvalue weighted by Crippen LogP contribution is -2.23. The maximum Gasteiger partial charge on any atom is 0.277 e. The molecular weight excluding hydrogens is 344 g/mol. The van der Waals surface area contributed by atoms with Crippen LogP contribution in [-0.4, -0.2) is 26.8 Å². The Labute approximate surface area is 147 Å². The average Bonchev–Trinajstić information content (AvgIpc) is 2.56. The Hall–Kier alpha value is -3.07. The van der Waals surface area contributed by atoms with Crippen LogP contribution >= 0.6 is 11.8 Å². The van der Waals surface area contributed by atoms with Gasteiger partial charge < -0.3 is 16.2 Å². The number of H-pyrrole nitrogens is 1. The number of aliphatic hydroxyl groups is 1. The van der Waals surface area contributed by atoms with Gasteiger partial charge in [-0.25, -0.2) is 4.98 Å². The molecule has 1 aromatic heterocycles. The number of aliphatic hydroxyl groups excluding tert-OH is 1. The summed E-state index contributed by atoms with van der Waals surface area (Å²) in [6, 6.07) is 8.31. The van der Waals surface area contributed by atoms with E-state index in [1.165, 1.54) is 13.8 Å². The van der Waals surface area contributed by atoms with Crippen LogP contribution in [-0.2, 0) is 4.79 Å². The molecule has 1 heterocycles. The zero-order chi connectivity index (χ0) is 18.6. The van der Waals surface area contributed by atoms with Gasteiger partial charge >= 0.3 is 0 Å². The zero-order valence-corrected chi connectivity index (χ0v) is 14.3. The highest BCUT2D eigenvalue weighted by molar-refractivity contribution is 8.03. The van der Waals surface area contributed by atoms with Gasteiger partial charge in [-0.2, -0.15) is 0 Å². The van der Waals surface area contributed by atoms with Gasteiger partial charge in [-0.1, -0.05) is 18.2 Å². The van der Waals surface area contributed by atoms with E-state index in [1.807, 2.05) is 0 Å². The molecule has 130 valence electrons. The molecule has 1 aromatic carbocycles. The van der Waals surface area contributed by atoms with Crippen LogP contribution < -0.4 is 16.6 Å². The van der Waals surface area contributed by atoms with Crippen molar-refractivity contribution >= 4 is 35.0 Å². The number of nitrogens with zero attached hydrogens (tertiary/aromatic N) is 1. The van der Waals surface area contributed by atoms with E-state index in [2.05, 4.69) is 15.3 Å². The summed E-state index contributed by atoms with van der Waals surface area (Å²) in [6.45, 7) is 2.62. The number of thioether (sulfide) groups is 1. The normalized spacial score (nSPS) is 11.6. The molecule has 9 heteroatoms. The molecule has 5 N–H and O–H groups in total. The predicted octanol–water partition coefficient (Wildman–Crippen LogP) is 2.07. The van der Waals surface area contributed by atoms with Crippen molar-refractivity contribution in [1.82, 2.24) is 9.97 Å². The number of nitrogens with one attached hydrogen (secondary N) is 2. The molecular formula is C16H16N4O4S. The van der Waals surface area contributed by atoms with Gasteiger partial charge in [0, 0.05) is 5.56 Å². The largest absolute Gasteiger partial charge is 0.511 e. The van der Waals surface area contributed by atoms with Gasteiger partial charge in [0.05, 0.1) is 4.91 Å². The second kappa shape index (κ2) is 7.67. The third kappa shape index (κ3) is 4.48. The second-order valence-electron chi connectivity index (χ2n) is 5.02. The van der Waals surface area contributed by atoms with Crippen molar-refractivity contribution in [2.75, 3.05) is 11.1 Å². The van der Waals surface area contributed by atoms with Crippen LogP contribution in [0, 0.1) is 0 Å². The molecule has 2 aromatic rings. The first kappa shape index (κ1) is 18.3. The number of hydrogen-bond donors (Lipinski definition) is 4. The van der Waals surface area contributed by atoms with Crippen LogP contribution in [0.2, 0.25) is 0 Å². The number of carbonyl (C=O) groups is 2. The van der Waals surface area contributed by atoms with Crippen molar-refractivity contribution in [3.8, 4) is 0 Å². The number of aromatic nitrogens is 2. The highest BCUT2D eigenvalue weighted by Crippen LogP contribution is 2.27. The van der Waals surface area contributed by atoms with E-state index in [1.54, 1.807) is 30.3 Å². The predicted molar refractivity (Wildman–Crippen MR) is 95.5 cm³/mol. The van der Waals surface area contributed by atoms with Crippen LogP contribution in [0.15, 0.2) is 50.9 Å². The summed E-state index contributed by atoms with van der Waals surface area (Å²) in [5.41, 5.74) is 5.26. The molecule has 0 radical (unpaired) electrons. The minimum absolute atomic E-state index is 0.0267. The van der Waals surface area contributed by atoms with E-state index < -0.39 is 11.5 Å². The highest BCUT2D eigenvalue weighted by Gasteiger charge is 2.17. The Morgan fingerprint density at radius 2 is 1.88 bits per heavy atom. The quantitative estimate of drug-likeness (QED) is 0.277. The third-order valence-electron chi connectivity index (χ3n) is 3.05. The fourth-order valence-electron chi connectivity index (χ4n) is 1.91. The number of ketones is 1. The summed E-state index contributed by atoms with van der Waals surface area (Å²) >= 11 is 0.778. The first-order valence-electron chi connectivity index (χ1n) is 7.14. The van der Waals surface area contributed by atoms with Crippen LogP contribution in [0.5, 0.6) is 0 Å². The maximum atomic E-state index is 12.2. The molecule has 1 amide bonds. The van der Waals surface area contributed by atoms with Crippen LogP contribution in [0.25, 0.3) is 0 Å². The van der Waals surface area contributed by atoms with Gasteiger partial charge in [0.15, 0.2) is 16.8 Å². The monoisotopic (exact) mass is 360 g/mol. The van der Waals surface area contributed by atoms with E-state index in [4.69, 9.17) is 5.73 Å². The van der Waals surface area contributed by atoms with Crippen molar-refractivity contribution in [2.45, 2.75) is 19.0 Å². The van der Waals surface area contributed by atoms with Crippen LogP contribution in [0.1, 0.15) is 24.2 Å². The lowest BCUT2D eigenvalue weighted by molar-refractivity contribution is -0.113. The van der Waals surface area contributed by atoms with Gasteiger partial charge in [-0.15, -0.1) is 0 Å². The first-order valence-corrected chi connectivity index (χ1v) is 7.96. The number of Topliss-reactive ketones (excluding diaryl/α,β-unsaturated/α-hetero) is 1. The lowest BCUT2D eigenvalue weighted by atomic mass is 10.2. The number of benzene rings is 1. The van der Waals surface area contributed by atoms with Crippen molar-refractivity contribution in [3.05, 3.63) is 56.9 Å². The molecule has 0 atom stereocenters. The van der Waals surface area contributed by atoms with Gasteiger partial charge in [-0.05, 0) is 37.7 Å². The smallest absolute Gasteiger partial charge is 0.277 e. The Kier molecular flexibility index (Phi) is 5.60. The molecule has 0 aliphatic rings. The zero-order valence-electron chi connectivity index (χ0n) is 13.5. The molecule has 0 spiro atoms. The molecule has 0 aliphatic heterocycles. The topological polar surface area (TPSA) is 138 Å². The Morgan fingerprint density at radius 1 is 1.24 bits per heavy atom. The van der Waals surface area contributed by atoms with Gasteiger partial charge in [0.2, 0.25) is 0 Å². The number of nitrogens with two attached hydrogens (primary N) is 1. The Morgan fingerprint density at radius 3 is 2.40 bits per heavy atom. The van der Waals surface area contributed by atoms with Crippen LogP contribution in [0.4, 0.5) is 11.5 Å². The number of aromatic amines is 1. The summed E-state index contributed by atoms with van der Waals surface area (Å²) < 4.78 is 0. The van der Waals surface area contributed by atoms with Gasteiger partial charge in [0.1, 0.15) is 11.4 Å². The van der Waals surface area contributed by atoms with Crippen molar-refractivity contribution in [1.29, 1.82) is 0 Å². The number of carbonyl (C=O) groups excluding carboxylic acids is 2. The second-order valence-corrected chi connectivity index (χ2v) is 6.02. The fourth-order valence-corrected chi connectivity index (χ4v) is 2.68. The molecule has 2 rings (SSSR count). The molecule has 0 aliphatic carbocycles. The minimum atomic E-state index is -0.669. The van der Waals surface area contributed by atoms with E-state index >= 15 is 0 Å². The Bertz CT molecular complexity index is 902. The van der Waals surface area contributed by atoms with Gasteiger partial charge in [-0.3, -0.25) is 19.4 Å². The summed E-state index contributed by atoms with van der Waals surface area (Å²) in [6.07, 6.45) is 0. The standard InChI is InChI=1S/C16H16N4O4S/c1-8(21)12(9(2)22)25-16-19-13(17)11(15(24)20-16)18-14(23)10-6-4-3-5-7-10/h3-7,21H,1-2H3,(H,18,23)(H3,17,19,20,24)/b12-8-. The fraction of sp³-hybridized carbons (Fsp3) is 0.125. The summed E-state index contributed by atoms with van der Waals surface area (Å²) in [7, 11) is 0.